The lowest BCUT2D eigenvalue weighted by Crippen LogP contribution is -2.23. The first-order valence-corrected chi connectivity index (χ1v) is 7.70. The Morgan fingerprint density at radius 3 is 2.40 bits per heavy atom. The Morgan fingerprint density at radius 1 is 1.20 bits per heavy atom. The number of hydrogen-bond acceptors (Lipinski definition) is 1. The van der Waals surface area contributed by atoms with Crippen LogP contribution in [0.3, 0.4) is 0 Å². The normalized spacial score (nSPS) is 23.1. The maximum Gasteiger partial charge on any atom is 0.0418 e. The van der Waals surface area contributed by atoms with E-state index in [1.165, 1.54) is 16.8 Å². The molecule has 0 spiro atoms. The van der Waals surface area contributed by atoms with Crippen molar-refractivity contribution in [1.29, 1.82) is 0 Å². The molecule has 1 heteroatoms. The highest BCUT2D eigenvalue weighted by molar-refractivity contribution is 5.46. The minimum absolute atomic E-state index is 0.500. The number of allylic oxidation sites excluding steroid dienone is 6. The van der Waals surface area contributed by atoms with E-state index < -0.39 is 0 Å². The van der Waals surface area contributed by atoms with Gasteiger partial charge in [0.05, 0.1) is 0 Å². The van der Waals surface area contributed by atoms with Gasteiger partial charge in [-0.1, -0.05) is 59.4 Å². The summed E-state index contributed by atoms with van der Waals surface area (Å²) in [6.45, 7) is 15.6. The van der Waals surface area contributed by atoms with E-state index in [9.17, 15) is 0 Å². The molecule has 2 rings (SSSR count). The van der Waals surface area contributed by atoms with Gasteiger partial charge in [-0.05, 0) is 41.4 Å². The largest absolute Gasteiger partial charge is 0.318 e. The van der Waals surface area contributed by atoms with Gasteiger partial charge >= 0.3 is 0 Å². The highest BCUT2D eigenvalue weighted by Gasteiger charge is 2.22. The quantitative estimate of drug-likeness (QED) is 0.661. The number of hydrogen-bond donors (Lipinski definition) is 0. The lowest BCUT2D eigenvalue weighted by Gasteiger charge is -2.34. The Labute approximate surface area is 124 Å². The lowest BCUT2D eigenvalue weighted by molar-refractivity contribution is 0.541. The fourth-order valence-corrected chi connectivity index (χ4v) is 2.61. The molecule has 1 aliphatic heterocycles. The fourth-order valence-electron chi connectivity index (χ4n) is 2.61. The first-order valence-electron chi connectivity index (χ1n) is 7.70. The van der Waals surface area contributed by atoms with Crippen molar-refractivity contribution >= 4 is 0 Å². The third kappa shape index (κ3) is 2.98. The van der Waals surface area contributed by atoms with Crippen molar-refractivity contribution in [2.45, 2.75) is 41.0 Å². The maximum absolute atomic E-state index is 4.32. The van der Waals surface area contributed by atoms with E-state index in [1.807, 2.05) is 0 Å². The average Bonchev–Trinajstić information content (AvgIpc) is 2.39. The van der Waals surface area contributed by atoms with Crippen LogP contribution in [0.5, 0.6) is 0 Å². The van der Waals surface area contributed by atoms with Gasteiger partial charge in [0.15, 0.2) is 0 Å². The summed E-state index contributed by atoms with van der Waals surface area (Å²) >= 11 is 0. The van der Waals surface area contributed by atoms with Crippen LogP contribution < -0.4 is 0 Å². The van der Waals surface area contributed by atoms with Gasteiger partial charge in [-0.15, -0.1) is 0 Å². The molecule has 0 bridgehead atoms. The molecule has 1 aliphatic carbocycles. The van der Waals surface area contributed by atoms with Crippen molar-refractivity contribution in [3.8, 4) is 0 Å². The molecule has 1 nitrogen and oxygen atoms in total. The highest BCUT2D eigenvalue weighted by atomic mass is 15.1. The molecule has 0 saturated heterocycles. The first-order chi connectivity index (χ1) is 9.40. The molecule has 0 aromatic carbocycles. The molecular formula is C19H27N. The van der Waals surface area contributed by atoms with Crippen molar-refractivity contribution in [2.24, 2.45) is 17.8 Å². The zero-order valence-corrected chi connectivity index (χ0v) is 13.5. The highest BCUT2D eigenvalue weighted by Crippen LogP contribution is 2.34. The van der Waals surface area contributed by atoms with Crippen LogP contribution in [0.15, 0.2) is 59.6 Å². The van der Waals surface area contributed by atoms with E-state index in [1.54, 1.807) is 0 Å². The van der Waals surface area contributed by atoms with E-state index in [-0.39, 0.29) is 0 Å². The summed E-state index contributed by atoms with van der Waals surface area (Å²) in [4.78, 5) is 2.27. The van der Waals surface area contributed by atoms with E-state index >= 15 is 0 Å². The van der Waals surface area contributed by atoms with Crippen molar-refractivity contribution in [3.05, 3.63) is 59.6 Å². The molecule has 0 radical (unpaired) electrons. The Hall–Kier alpha value is -1.50. The lowest BCUT2D eigenvalue weighted by atomic mass is 9.90. The summed E-state index contributed by atoms with van der Waals surface area (Å²) in [5.74, 6) is 1.68. The molecule has 0 aromatic heterocycles. The van der Waals surface area contributed by atoms with Gasteiger partial charge in [0.1, 0.15) is 0 Å². The monoisotopic (exact) mass is 269 g/mol. The van der Waals surface area contributed by atoms with Crippen LogP contribution in [-0.4, -0.2) is 4.90 Å². The standard InChI is InChI=1S/C19H27N/c1-13(2)17-11-19(14(3)4)16(6)20(12-17)18-9-7-15(5)8-10-18/h7,9-15H,6,8H2,1-5H3. The molecule has 0 saturated carbocycles. The van der Waals surface area contributed by atoms with Crippen LogP contribution in [-0.2, 0) is 0 Å². The van der Waals surface area contributed by atoms with Gasteiger partial charge in [0.25, 0.3) is 0 Å². The van der Waals surface area contributed by atoms with Gasteiger partial charge in [-0.2, -0.15) is 0 Å². The van der Waals surface area contributed by atoms with E-state index in [2.05, 4.69) is 76.6 Å². The Balaban J connectivity index is 2.36. The van der Waals surface area contributed by atoms with E-state index in [0.717, 1.165) is 12.1 Å². The van der Waals surface area contributed by atoms with Gasteiger partial charge < -0.3 is 4.90 Å². The topological polar surface area (TPSA) is 3.24 Å². The van der Waals surface area contributed by atoms with Crippen molar-refractivity contribution in [3.63, 3.8) is 0 Å². The fraction of sp³-hybridized carbons (Fsp3) is 0.474. The SMILES string of the molecule is C=C1C(C(C)C)=CC(C(C)C)=CN1C1=CCC(C)C=C1. The maximum atomic E-state index is 4.32. The molecule has 1 unspecified atom stereocenters. The zero-order chi connectivity index (χ0) is 14.9. The van der Waals surface area contributed by atoms with Crippen molar-refractivity contribution in [2.75, 3.05) is 0 Å². The second-order valence-corrected chi connectivity index (χ2v) is 6.56. The molecule has 2 aliphatic rings. The summed E-state index contributed by atoms with van der Waals surface area (Å²) < 4.78 is 0. The van der Waals surface area contributed by atoms with Crippen LogP contribution in [0.4, 0.5) is 0 Å². The Morgan fingerprint density at radius 2 is 1.90 bits per heavy atom. The predicted molar refractivity (Wildman–Crippen MR) is 87.8 cm³/mol. The van der Waals surface area contributed by atoms with Gasteiger partial charge in [-0.25, -0.2) is 0 Å². The minimum atomic E-state index is 0.500. The van der Waals surface area contributed by atoms with Crippen LogP contribution in [0, 0.1) is 17.8 Å². The van der Waals surface area contributed by atoms with Crippen LogP contribution >= 0.6 is 0 Å². The van der Waals surface area contributed by atoms with Crippen molar-refractivity contribution < 1.29 is 0 Å². The third-order valence-corrected chi connectivity index (χ3v) is 4.09. The molecule has 0 N–H and O–H groups in total. The van der Waals surface area contributed by atoms with Crippen LogP contribution in [0.2, 0.25) is 0 Å². The summed E-state index contributed by atoms with van der Waals surface area (Å²) in [7, 11) is 0. The van der Waals surface area contributed by atoms with Gasteiger partial charge in [0.2, 0.25) is 0 Å². The molecule has 0 fully saturated rings. The average molecular weight is 269 g/mol. The smallest absolute Gasteiger partial charge is 0.0418 e. The zero-order valence-electron chi connectivity index (χ0n) is 13.5. The summed E-state index contributed by atoms with van der Waals surface area (Å²) in [6, 6.07) is 0. The first kappa shape index (κ1) is 14.9. The Kier molecular flexibility index (Phi) is 4.37. The number of nitrogens with zero attached hydrogens (tertiary/aromatic N) is 1. The molecule has 0 aromatic rings. The molecule has 108 valence electrons. The van der Waals surface area contributed by atoms with Gasteiger partial charge in [0, 0.05) is 17.6 Å². The molecule has 20 heavy (non-hydrogen) atoms. The predicted octanol–water partition coefficient (Wildman–Crippen LogP) is 5.42. The molecule has 1 heterocycles. The molecule has 1 atom stereocenters. The van der Waals surface area contributed by atoms with E-state index in [0.29, 0.717) is 17.8 Å². The minimum Gasteiger partial charge on any atom is -0.318 e. The second kappa shape index (κ2) is 5.87. The van der Waals surface area contributed by atoms with Gasteiger partial charge in [-0.3, -0.25) is 0 Å². The molecular weight excluding hydrogens is 242 g/mol. The Bertz CT molecular complexity index is 512. The molecule has 0 amide bonds. The summed E-state index contributed by atoms with van der Waals surface area (Å²) in [5, 5.41) is 0. The van der Waals surface area contributed by atoms with E-state index in [4.69, 9.17) is 0 Å². The second-order valence-electron chi connectivity index (χ2n) is 6.56. The summed E-state index contributed by atoms with van der Waals surface area (Å²) in [5.41, 5.74) is 5.12. The van der Waals surface area contributed by atoms with Crippen LogP contribution in [0.25, 0.3) is 0 Å². The summed E-state index contributed by atoms with van der Waals surface area (Å²) in [6.07, 6.45) is 12.5. The van der Waals surface area contributed by atoms with Crippen molar-refractivity contribution in [1.82, 2.24) is 4.90 Å². The number of rotatable bonds is 3. The third-order valence-electron chi connectivity index (χ3n) is 4.09. The van der Waals surface area contributed by atoms with Crippen LogP contribution in [0.1, 0.15) is 41.0 Å².